The van der Waals surface area contributed by atoms with Crippen LogP contribution in [0.3, 0.4) is 0 Å². The van der Waals surface area contributed by atoms with Gasteiger partial charge in [0.2, 0.25) is 0 Å². The van der Waals surface area contributed by atoms with Crippen LogP contribution in [0.1, 0.15) is 14.9 Å². The molecule has 0 aliphatic carbocycles. The predicted octanol–water partition coefficient (Wildman–Crippen LogP) is 7.13. The molecule has 0 fully saturated rings. The van der Waals surface area contributed by atoms with E-state index in [1.54, 1.807) is 0 Å². The normalized spacial score (nSPS) is 13.0. The Hall–Kier alpha value is 3.83. The van der Waals surface area contributed by atoms with Gasteiger partial charge in [0.25, 0.3) is 0 Å². The molecule has 0 atom stereocenters. The molecule has 0 amide bonds. The van der Waals surface area contributed by atoms with Crippen molar-refractivity contribution in [2.75, 3.05) is 0 Å². The Morgan fingerprint density at radius 3 is 0.833 bits per heavy atom. The van der Waals surface area contributed by atoms with Gasteiger partial charge in [0.15, 0.2) is 0 Å². The molecule has 2 nitrogen and oxygen atoms in total. The molecule has 0 saturated heterocycles. The Labute approximate surface area is 198 Å². The Morgan fingerprint density at radius 2 is 0.750 bits per heavy atom. The minimum absolute atomic E-state index is 0. The first-order valence-electron chi connectivity index (χ1n) is 7.56. The van der Waals surface area contributed by atoms with E-state index in [1.165, 1.54) is 0 Å². The SMILES string of the molecule is C.C.C[Si](C)(C)N([Te]N([Si](C)(C)C)[Si](C)(C)C)[Si](C)(C)C.[Te]=II. The van der Waals surface area contributed by atoms with Crippen LogP contribution >= 0.6 is 31.3 Å². The van der Waals surface area contributed by atoms with Gasteiger partial charge in [0.05, 0.1) is 0 Å². The average molecular weight is 862 g/mol. The van der Waals surface area contributed by atoms with Gasteiger partial charge in [-0.1, -0.05) is 14.9 Å². The van der Waals surface area contributed by atoms with Crippen LogP contribution in [0.25, 0.3) is 0 Å². The number of nitrogens with zero attached hydrogens (tertiary/aromatic N) is 2. The zero-order valence-electron chi connectivity index (χ0n) is 16.5. The molecule has 0 bridgehead atoms. The van der Waals surface area contributed by atoms with Crippen molar-refractivity contribution in [1.29, 1.82) is 0 Å². The fraction of sp³-hybridized carbons (Fsp3) is 1.00. The van der Waals surface area contributed by atoms with Gasteiger partial charge in [-0.25, -0.2) is 0 Å². The van der Waals surface area contributed by atoms with Gasteiger partial charge in [0, 0.05) is 0 Å². The van der Waals surface area contributed by atoms with Gasteiger partial charge < -0.3 is 0 Å². The molecular weight excluding hydrogens is 818 g/mol. The first-order chi connectivity index (χ1) is 9.39. The van der Waals surface area contributed by atoms with Crippen LogP contribution in [0, 0.1) is 0 Å². The van der Waals surface area contributed by atoms with Crippen LogP contribution in [0.2, 0.25) is 78.6 Å². The van der Waals surface area contributed by atoms with Crippen molar-refractivity contribution in [3.63, 3.8) is 0 Å². The molecule has 0 aromatic rings. The first-order valence-corrected chi connectivity index (χ1v) is 36.5. The third kappa shape index (κ3) is 15.7. The van der Waals surface area contributed by atoms with E-state index in [2.05, 4.69) is 120 Å². The first kappa shape index (κ1) is 35.3. The second-order valence-electron chi connectivity index (χ2n) is 9.41. The summed E-state index contributed by atoms with van der Waals surface area (Å²) < 4.78 is 6.14. The zero-order valence-corrected chi connectivity index (χ0v) is 29.4. The average Bonchev–Trinajstić information content (AvgIpc) is 2.09. The van der Waals surface area contributed by atoms with Crippen molar-refractivity contribution in [3.05, 3.63) is 0 Å². The van der Waals surface area contributed by atoms with Gasteiger partial charge >= 0.3 is 187 Å². The van der Waals surface area contributed by atoms with E-state index in [0.717, 1.165) is 0 Å². The topological polar surface area (TPSA) is 6.48 Å². The van der Waals surface area contributed by atoms with Crippen molar-refractivity contribution in [3.8, 4) is 0 Å². The summed E-state index contributed by atoms with van der Waals surface area (Å²) >= 11 is 4.97. The molecule has 0 aromatic heterocycles. The van der Waals surface area contributed by atoms with Crippen LogP contribution in [0.15, 0.2) is 0 Å². The van der Waals surface area contributed by atoms with Crippen molar-refractivity contribution >= 4 is 103 Å². The molecule has 0 radical (unpaired) electrons. The van der Waals surface area contributed by atoms with Gasteiger partial charge in [-0.05, 0) is 0 Å². The number of hydrogen-bond donors (Lipinski definition) is 0. The second kappa shape index (κ2) is 13.9. The second-order valence-corrected chi connectivity index (χ2v) is 53.6. The van der Waals surface area contributed by atoms with Crippen molar-refractivity contribution in [2.24, 2.45) is 0 Å². The van der Waals surface area contributed by atoms with Crippen LogP contribution < -0.4 is 0 Å². The van der Waals surface area contributed by atoms with E-state index in [-0.39, 0.29) is 36.3 Å². The molecule has 0 aliphatic rings. The fourth-order valence-corrected chi connectivity index (χ4v) is 32.9. The molecule has 0 spiro atoms. The van der Waals surface area contributed by atoms with E-state index < -0.39 is 32.9 Å². The van der Waals surface area contributed by atoms with E-state index in [1.807, 2.05) is 0 Å². The molecule has 0 heterocycles. The third-order valence-electron chi connectivity index (χ3n) is 2.60. The summed E-state index contributed by atoms with van der Waals surface area (Å²) in [5, 5.41) is 0. The summed E-state index contributed by atoms with van der Waals surface area (Å²) in [6.07, 6.45) is 0. The summed E-state index contributed by atoms with van der Waals surface area (Å²) in [6, 6.07) is 0. The Kier molecular flexibility index (Phi) is 20.5. The van der Waals surface area contributed by atoms with Crippen LogP contribution in [-0.4, -0.2) is 77.1 Å². The molecule has 152 valence electrons. The molecule has 0 N–H and O–H groups in total. The molecule has 0 aliphatic heterocycles. The maximum absolute atomic E-state index is 3.07. The Morgan fingerprint density at radius 1 is 0.625 bits per heavy atom. The van der Waals surface area contributed by atoms with E-state index in [4.69, 9.17) is 0 Å². The third-order valence-corrected chi connectivity index (χ3v) is 37.4. The minimum atomic E-state index is -1.19. The monoisotopic (exact) mass is 866 g/mol. The summed E-state index contributed by atoms with van der Waals surface area (Å²) in [7, 11) is -4.75. The van der Waals surface area contributed by atoms with Crippen molar-refractivity contribution < 1.29 is 0 Å². The number of rotatable bonds is 6. The molecule has 0 saturated carbocycles. The van der Waals surface area contributed by atoms with Crippen LogP contribution in [0.4, 0.5) is 0 Å². The maximum atomic E-state index is 3.07. The van der Waals surface area contributed by atoms with E-state index >= 15 is 0 Å². The summed E-state index contributed by atoms with van der Waals surface area (Å²) in [6.45, 7) is 30.5. The molecule has 24 heavy (non-hydrogen) atoms. The predicted molar refractivity (Wildman–Crippen MR) is 150 cm³/mol. The van der Waals surface area contributed by atoms with Gasteiger partial charge in [-0.3, -0.25) is 0 Å². The molecule has 0 aromatic carbocycles. The number of hydrogen-bond acceptors (Lipinski definition) is 2. The van der Waals surface area contributed by atoms with Gasteiger partial charge in [0.1, 0.15) is 0 Å². The molecule has 0 unspecified atom stereocenters. The quantitative estimate of drug-likeness (QED) is 0.208. The molecule has 0 rings (SSSR count). The van der Waals surface area contributed by atoms with Gasteiger partial charge in [-0.15, -0.1) is 0 Å². The van der Waals surface area contributed by atoms with Crippen LogP contribution in [-0.2, 0) is 0 Å². The van der Waals surface area contributed by atoms with E-state index in [0.29, 0.717) is 12.7 Å². The standard InChI is InChI=1S/C12H36N2Si4Te.2CH4.I2Te/c1-15(2,3)13(16(4,5)6)19-14(17(7,8)9)18(10,11)12;;;1-2-3/h1-12H3;2*1H4;. The Balaban J connectivity index is -0.000000370. The van der Waals surface area contributed by atoms with Crippen LogP contribution in [0.5, 0.6) is 0 Å². The van der Waals surface area contributed by atoms with Crippen molar-refractivity contribution in [1.82, 2.24) is 4.96 Å². The van der Waals surface area contributed by atoms with Gasteiger partial charge in [-0.2, -0.15) is 0 Å². The summed E-state index contributed by atoms with van der Waals surface area (Å²) in [5.74, 6) is 0. The van der Waals surface area contributed by atoms with E-state index in [9.17, 15) is 0 Å². The number of halogens is 2. The molecular formula is C14H44I2N2Si4Te2. The fourth-order valence-electron chi connectivity index (χ4n) is 2.58. The summed E-state index contributed by atoms with van der Waals surface area (Å²) in [4.78, 5) is 0. The summed E-state index contributed by atoms with van der Waals surface area (Å²) in [5.41, 5.74) is 0. The molecule has 10 heteroatoms. The zero-order chi connectivity index (χ0) is 18.6. The van der Waals surface area contributed by atoms with Crippen molar-refractivity contribution in [2.45, 2.75) is 93.4 Å². The Bertz CT molecular complexity index is 291.